The number of rotatable bonds is 2. The van der Waals surface area contributed by atoms with Crippen LogP contribution < -0.4 is 0 Å². The van der Waals surface area contributed by atoms with Gasteiger partial charge in [0.05, 0.1) is 16.7 Å². The molecule has 0 spiro atoms. The van der Waals surface area contributed by atoms with Crippen molar-refractivity contribution < 1.29 is 27.9 Å². The standard InChI is InChI=1S/C10H7F3N2O3S/c1-4(9(17)18)19-8-5(3-14)6(10(11,12)13)2-7(16)15-8/h2,4-5H,1H3,(H,17,18). The van der Waals surface area contributed by atoms with Crippen LogP contribution in [-0.4, -0.2) is 33.5 Å². The second-order valence-corrected chi connectivity index (χ2v) is 4.91. The van der Waals surface area contributed by atoms with Crippen LogP contribution in [0.2, 0.25) is 0 Å². The average molecular weight is 292 g/mol. The fourth-order valence-electron chi connectivity index (χ4n) is 1.25. The second kappa shape index (κ2) is 5.44. The van der Waals surface area contributed by atoms with Crippen molar-refractivity contribution in [2.75, 3.05) is 0 Å². The molecule has 2 unspecified atom stereocenters. The Kier molecular flexibility index (Phi) is 4.36. The molecule has 0 saturated heterocycles. The van der Waals surface area contributed by atoms with Crippen molar-refractivity contribution in [3.8, 4) is 6.07 Å². The van der Waals surface area contributed by atoms with Gasteiger partial charge in [0.2, 0.25) is 0 Å². The predicted octanol–water partition coefficient (Wildman–Crippen LogP) is 1.76. The lowest BCUT2D eigenvalue weighted by atomic mass is 9.98. The number of thioether (sulfide) groups is 1. The fourth-order valence-corrected chi connectivity index (χ4v) is 2.17. The van der Waals surface area contributed by atoms with Gasteiger partial charge in [0.25, 0.3) is 5.91 Å². The first-order valence-corrected chi connectivity index (χ1v) is 5.75. The summed E-state index contributed by atoms with van der Waals surface area (Å²) in [5.41, 5.74) is -1.32. The van der Waals surface area contributed by atoms with Crippen molar-refractivity contribution in [1.29, 1.82) is 5.26 Å². The van der Waals surface area contributed by atoms with Crippen LogP contribution in [0.1, 0.15) is 6.92 Å². The first kappa shape index (κ1) is 15.2. The number of carbonyl (C=O) groups excluding carboxylic acids is 1. The summed E-state index contributed by atoms with van der Waals surface area (Å²) in [6.45, 7) is 1.22. The van der Waals surface area contributed by atoms with E-state index in [-0.39, 0.29) is 6.08 Å². The summed E-state index contributed by atoms with van der Waals surface area (Å²) in [4.78, 5) is 25.1. The van der Waals surface area contributed by atoms with Gasteiger partial charge >= 0.3 is 12.1 Å². The molecular formula is C10H7F3N2O3S. The van der Waals surface area contributed by atoms with Gasteiger partial charge in [-0.3, -0.25) is 9.59 Å². The highest BCUT2D eigenvalue weighted by Crippen LogP contribution is 2.37. The average Bonchev–Trinajstić information content (AvgIpc) is 2.26. The molecular weight excluding hydrogens is 285 g/mol. The van der Waals surface area contributed by atoms with Gasteiger partial charge in [-0.05, 0) is 6.92 Å². The molecule has 0 saturated carbocycles. The molecule has 1 amide bonds. The molecule has 0 aromatic heterocycles. The minimum Gasteiger partial charge on any atom is -0.480 e. The molecule has 0 aliphatic carbocycles. The number of dihydropyridines is 1. The number of carbonyl (C=O) groups is 2. The number of aliphatic carboxylic acids is 1. The Balaban J connectivity index is 3.10. The van der Waals surface area contributed by atoms with Crippen molar-refractivity contribution in [2.45, 2.75) is 18.3 Å². The molecule has 9 heteroatoms. The van der Waals surface area contributed by atoms with Gasteiger partial charge in [-0.1, -0.05) is 11.8 Å². The molecule has 0 aromatic carbocycles. The summed E-state index contributed by atoms with van der Waals surface area (Å²) in [7, 11) is 0. The molecule has 102 valence electrons. The molecule has 0 aromatic rings. The summed E-state index contributed by atoms with van der Waals surface area (Å²) in [5.74, 6) is -4.21. The number of nitriles is 1. The van der Waals surface area contributed by atoms with Crippen LogP contribution in [0.4, 0.5) is 13.2 Å². The number of carboxylic acids is 1. The number of nitrogens with zero attached hydrogens (tertiary/aromatic N) is 2. The molecule has 1 rings (SSSR count). The quantitative estimate of drug-likeness (QED) is 0.837. The third-order valence-electron chi connectivity index (χ3n) is 2.16. The summed E-state index contributed by atoms with van der Waals surface area (Å²) >= 11 is 0.451. The van der Waals surface area contributed by atoms with E-state index in [1.165, 1.54) is 13.0 Å². The Bertz CT molecular complexity index is 519. The zero-order valence-electron chi connectivity index (χ0n) is 9.43. The third kappa shape index (κ3) is 3.57. The Morgan fingerprint density at radius 1 is 1.63 bits per heavy atom. The summed E-state index contributed by atoms with van der Waals surface area (Å²) in [6, 6.07) is 1.39. The van der Waals surface area contributed by atoms with Crippen molar-refractivity contribution in [3.63, 3.8) is 0 Å². The van der Waals surface area contributed by atoms with E-state index < -0.39 is 39.8 Å². The van der Waals surface area contributed by atoms with E-state index in [2.05, 4.69) is 4.99 Å². The molecule has 19 heavy (non-hydrogen) atoms. The number of halogens is 3. The van der Waals surface area contributed by atoms with E-state index in [4.69, 9.17) is 10.4 Å². The van der Waals surface area contributed by atoms with Crippen LogP contribution in [0, 0.1) is 17.2 Å². The molecule has 0 fully saturated rings. The van der Waals surface area contributed by atoms with E-state index >= 15 is 0 Å². The molecule has 1 aliphatic heterocycles. The maximum atomic E-state index is 12.7. The number of aliphatic imine (C=N–C) groups is 1. The van der Waals surface area contributed by atoms with Gasteiger partial charge in [0, 0.05) is 6.08 Å². The lowest BCUT2D eigenvalue weighted by Gasteiger charge is -2.21. The van der Waals surface area contributed by atoms with Crippen molar-refractivity contribution in [3.05, 3.63) is 11.6 Å². The number of amides is 1. The highest BCUT2D eigenvalue weighted by molar-refractivity contribution is 8.15. The smallest absolute Gasteiger partial charge is 0.414 e. The topological polar surface area (TPSA) is 90.5 Å². The lowest BCUT2D eigenvalue weighted by molar-refractivity contribution is -0.136. The van der Waals surface area contributed by atoms with E-state index in [9.17, 15) is 22.8 Å². The molecule has 2 atom stereocenters. The first-order valence-electron chi connectivity index (χ1n) is 4.87. The number of allylic oxidation sites excluding steroid dienone is 1. The molecule has 0 radical (unpaired) electrons. The Morgan fingerprint density at radius 2 is 2.21 bits per heavy atom. The van der Waals surface area contributed by atoms with E-state index in [1.54, 1.807) is 0 Å². The maximum absolute atomic E-state index is 12.7. The van der Waals surface area contributed by atoms with Gasteiger partial charge in [0.15, 0.2) is 0 Å². The van der Waals surface area contributed by atoms with E-state index in [0.717, 1.165) is 0 Å². The van der Waals surface area contributed by atoms with Crippen molar-refractivity contribution >= 4 is 28.7 Å². The van der Waals surface area contributed by atoms with Gasteiger partial charge in [0.1, 0.15) is 11.2 Å². The number of carboxylic acid groups (broad SMARTS) is 1. The second-order valence-electron chi connectivity index (χ2n) is 3.55. The SMILES string of the molecule is CC(SC1=NC(=O)C=C(C(F)(F)F)C1C#N)C(=O)O. The molecule has 1 heterocycles. The molecule has 1 N–H and O–H groups in total. The lowest BCUT2D eigenvalue weighted by Crippen LogP contribution is -2.30. The van der Waals surface area contributed by atoms with Crippen LogP contribution >= 0.6 is 11.8 Å². The third-order valence-corrected chi connectivity index (χ3v) is 3.28. The molecule has 5 nitrogen and oxygen atoms in total. The van der Waals surface area contributed by atoms with Gasteiger partial charge in [-0.25, -0.2) is 4.99 Å². The Labute approximate surface area is 109 Å². The Morgan fingerprint density at radius 3 is 2.63 bits per heavy atom. The summed E-state index contributed by atoms with van der Waals surface area (Å²) in [6.07, 6.45) is -4.59. The molecule has 1 aliphatic rings. The van der Waals surface area contributed by atoms with Crippen molar-refractivity contribution in [1.82, 2.24) is 0 Å². The van der Waals surface area contributed by atoms with Crippen LogP contribution in [0.25, 0.3) is 0 Å². The van der Waals surface area contributed by atoms with Crippen LogP contribution in [0.15, 0.2) is 16.6 Å². The maximum Gasteiger partial charge on any atom is 0.414 e. The number of hydrogen-bond acceptors (Lipinski definition) is 4. The predicted molar refractivity (Wildman–Crippen MR) is 60.4 cm³/mol. The number of hydrogen-bond donors (Lipinski definition) is 1. The molecule has 0 bridgehead atoms. The van der Waals surface area contributed by atoms with Gasteiger partial charge < -0.3 is 5.11 Å². The summed E-state index contributed by atoms with van der Waals surface area (Å²) in [5, 5.41) is 15.9. The van der Waals surface area contributed by atoms with E-state index in [0.29, 0.717) is 11.8 Å². The van der Waals surface area contributed by atoms with Crippen LogP contribution in [0.5, 0.6) is 0 Å². The van der Waals surface area contributed by atoms with Crippen LogP contribution in [0.3, 0.4) is 0 Å². The highest BCUT2D eigenvalue weighted by Gasteiger charge is 2.44. The fraction of sp³-hybridized carbons (Fsp3) is 0.400. The van der Waals surface area contributed by atoms with Crippen molar-refractivity contribution in [2.24, 2.45) is 10.9 Å². The Hall–Kier alpha value is -1.82. The minimum absolute atomic E-state index is 0.253. The minimum atomic E-state index is -4.84. The normalized spacial score (nSPS) is 21.2. The van der Waals surface area contributed by atoms with Gasteiger partial charge in [-0.15, -0.1) is 0 Å². The monoisotopic (exact) mass is 292 g/mol. The first-order chi connectivity index (χ1) is 8.66. The highest BCUT2D eigenvalue weighted by atomic mass is 32.2. The van der Waals surface area contributed by atoms with Crippen LogP contribution in [-0.2, 0) is 9.59 Å². The zero-order valence-corrected chi connectivity index (χ0v) is 10.2. The largest absolute Gasteiger partial charge is 0.480 e. The van der Waals surface area contributed by atoms with Gasteiger partial charge in [-0.2, -0.15) is 18.4 Å². The summed E-state index contributed by atoms with van der Waals surface area (Å²) < 4.78 is 38.0. The zero-order chi connectivity index (χ0) is 14.8. The van der Waals surface area contributed by atoms with E-state index in [1.807, 2.05) is 0 Å². The number of alkyl halides is 3.